The highest BCUT2D eigenvalue weighted by atomic mass is 16.5. The monoisotopic (exact) mass is 455 g/mol. The molecule has 0 bridgehead atoms. The van der Waals surface area contributed by atoms with E-state index >= 15 is 0 Å². The Hall–Kier alpha value is -2.42. The lowest BCUT2D eigenvalue weighted by Crippen LogP contribution is -2.40. The van der Waals surface area contributed by atoms with Crippen LogP contribution in [0, 0.1) is 0 Å². The molecule has 1 aromatic carbocycles. The number of likely N-dealkylation sites (N-methyl/N-ethyl adjacent to an activating group) is 1. The van der Waals surface area contributed by atoms with Crippen molar-refractivity contribution in [3.8, 4) is 5.75 Å². The predicted octanol–water partition coefficient (Wildman–Crippen LogP) is 2.31. The standard InChI is InChI=1S/C25H37N5O3/c1-4-29-11-6-8-20(29)16-26-25(31)24-22-18-28(17-19-7-5-9-21(15-19)33-3)12-10-23(22)30(27-24)13-14-32-2/h5,7,9,15,20H,4,6,8,10-14,16-18H2,1-3H3,(H,26,31). The minimum Gasteiger partial charge on any atom is -0.497 e. The van der Waals surface area contributed by atoms with Crippen LogP contribution in [0.4, 0.5) is 0 Å². The number of nitrogens with zero attached hydrogens (tertiary/aromatic N) is 4. The summed E-state index contributed by atoms with van der Waals surface area (Å²) in [4.78, 5) is 18.1. The second kappa shape index (κ2) is 11.1. The van der Waals surface area contributed by atoms with Crippen LogP contribution < -0.4 is 10.1 Å². The lowest BCUT2D eigenvalue weighted by molar-refractivity contribution is 0.0932. The Bertz CT molecular complexity index is 944. The fourth-order valence-corrected chi connectivity index (χ4v) is 5.09. The summed E-state index contributed by atoms with van der Waals surface area (Å²) in [6.07, 6.45) is 3.22. The normalized spacial score (nSPS) is 18.9. The number of aromatic nitrogens is 2. The zero-order chi connectivity index (χ0) is 23.2. The summed E-state index contributed by atoms with van der Waals surface area (Å²) in [5.41, 5.74) is 3.99. The van der Waals surface area contributed by atoms with Crippen LogP contribution in [0.5, 0.6) is 5.75 Å². The van der Waals surface area contributed by atoms with Gasteiger partial charge in [-0.05, 0) is 43.6 Å². The molecule has 33 heavy (non-hydrogen) atoms. The smallest absolute Gasteiger partial charge is 0.272 e. The van der Waals surface area contributed by atoms with E-state index in [4.69, 9.17) is 14.6 Å². The summed E-state index contributed by atoms with van der Waals surface area (Å²) in [7, 11) is 3.39. The Morgan fingerprint density at radius 1 is 1.27 bits per heavy atom. The lowest BCUT2D eigenvalue weighted by atomic mass is 10.0. The molecule has 1 saturated heterocycles. The van der Waals surface area contributed by atoms with Crippen LogP contribution in [0.2, 0.25) is 0 Å². The number of carbonyl (C=O) groups is 1. The van der Waals surface area contributed by atoms with Gasteiger partial charge in [-0.15, -0.1) is 0 Å². The van der Waals surface area contributed by atoms with Crippen molar-refractivity contribution in [2.75, 3.05) is 47.0 Å². The number of hydrogen-bond donors (Lipinski definition) is 1. The van der Waals surface area contributed by atoms with Crippen molar-refractivity contribution in [2.45, 2.75) is 51.9 Å². The van der Waals surface area contributed by atoms with Crippen molar-refractivity contribution in [3.63, 3.8) is 0 Å². The Morgan fingerprint density at radius 3 is 2.94 bits per heavy atom. The molecule has 1 amide bonds. The molecule has 0 aliphatic carbocycles. The van der Waals surface area contributed by atoms with E-state index in [2.05, 4.69) is 34.2 Å². The van der Waals surface area contributed by atoms with Gasteiger partial charge in [0.1, 0.15) is 5.75 Å². The van der Waals surface area contributed by atoms with E-state index in [1.165, 1.54) is 12.0 Å². The summed E-state index contributed by atoms with van der Waals surface area (Å²) in [5, 5.41) is 7.93. The number of carbonyl (C=O) groups excluding carboxylic acids is 1. The lowest BCUT2D eigenvalue weighted by Gasteiger charge is -2.28. The first-order valence-electron chi connectivity index (χ1n) is 12.1. The van der Waals surface area contributed by atoms with E-state index in [1.54, 1.807) is 14.2 Å². The van der Waals surface area contributed by atoms with Crippen molar-refractivity contribution in [1.82, 2.24) is 24.9 Å². The van der Waals surface area contributed by atoms with Crippen LogP contribution in [0.15, 0.2) is 24.3 Å². The molecule has 0 spiro atoms. The third kappa shape index (κ3) is 5.57. The maximum absolute atomic E-state index is 13.2. The SMILES string of the molecule is CCN1CCCC1CNC(=O)c1nn(CCOC)c2c1CN(Cc1cccc(OC)c1)CC2. The number of methoxy groups -OCH3 is 2. The molecule has 1 aromatic heterocycles. The maximum atomic E-state index is 13.2. The number of ether oxygens (including phenoxy) is 2. The second-order valence-electron chi connectivity index (χ2n) is 8.94. The maximum Gasteiger partial charge on any atom is 0.272 e. The number of likely N-dealkylation sites (tertiary alicyclic amines) is 1. The Morgan fingerprint density at radius 2 is 2.15 bits per heavy atom. The average molecular weight is 456 g/mol. The molecule has 2 aliphatic heterocycles. The van der Waals surface area contributed by atoms with Crippen molar-refractivity contribution in [2.24, 2.45) is 0 Å². The first-order valence-corrected chi connectivity index (χ1v) is 12.1. The number of hydrogen-bond acceptors (Lipinski definition) is 6. The van der Waals surface area contributed by atoms with Crippen LogP contribution in [-0.2, 0) is 30.8 Å². The molecule has 0 saturated carbocycles. The minimum atomic E-state index is -0.0615. The molecule has 3 heterocycles. The van der Waals surface area contributed by atoms with Gasteiger partial charge < -0.3 is 14.8 Å². The molecule has 2 aromatic rings. The summed E-state index contributed by atoms with van der Waals surface area (Å²) in [5.74, 6) is 0.805. The van der Waals surface area contributed by atoms with Gasteiger partial charge in [-0.3, -0.25) is 19.3 Å². The number of benzene rings is 1. The molecule has 0 radical (unpaired) electrons. The molecular weight excluding hydrogens is 418 g/mol. The van der Waals surface area contributed by atoms with Crippen LogP contribution >= 0.6 is 0 Å². The van der Waals surface area contributed by atoms with E-state index in [0.29, 0.717) is 38.0 Å². The minimum absolute atomic E-state index is 0.0615. The number of amides is 1. The second-order valence-corrected chi connectivity index (χ2v) is 8.94. The molecule has 1 unspecified atom stereocenters. The van der Waals surface area contributed by atoms with Gasteiger partial charge in [0, 0.05) is 57.0 Å². The van der Waals surface area contributed by atoms with Crippen molar-refractivity contribution in [3.05, 3.63) is 46.8 Å². The van der Waals surface area contributed by atoms with Crippen LogP contribution in [0.25, 0.3) is 0 Å². The van der Waals surface area contributed by atoms with Gasteiger partial charge in [0.15, 0.2) is 5.69 Å². The molecule has 8 heteroatoms. The van der Waals surface area contributed by atoms with E-state index in [9.17, 15) is 4.79 Å². The quantitative estimate of drug-likeness (QED) is 0.593. The number of rotatable bonds is 10. The van der Waals surface area contributed by atoms with E-state index in [1.807, 2.05) is 16.8 Å². The molecule has 2 aliphatic rings. The zero-order valence-corrected chi connectivity index (χ0v) is 20.2. The third-order valence-corrected chi connectivity index (χ3v) is 6.88. The number of nitrogens with one attached hydrogen (secondary N) is 1. The molecule has 1 N–H and O–H groups in total. The van der Waals surface area contributed by atoms with Crippen LogP contribution in [0.3, 0.4) is 0 Å². The van der Waals surface area contributed by atoms with Crippen molar-refractivity contribution >= 4 is 5.91 Å². The van der Waals surface area contributed by atoms with E-state index in [-0.39, 0.29) is 5.91 Å². The van der Waals surface area contributed by atoms with Gasteiger partial charge in [0.25, 0.3) is 5.91 Å². The fourth-order valence-electron chi connectivity index (χ4n) is 5.09. The van der Waals surface area contributed by atoms with E-state index in [0.717, 1.165) is 56.0 Å². The molecular formula is C25H37N5O3. The topological polar surface area (TPSA) is 71.9 Å². The van der Waals surface area contributed by atoms with Gasteiger partial charge in [-0.25, -0.2) is 0 Å². The Labute approximate surface area is 196 Å². The van der Waals surface area contributed by atoms with Gasteiger partial charge in [-0.1, -0.05) is 19.1 Å². The molecule has 4 rings (SSSR count). The molecule has 1 atom stereocenters. The van der Waals surface area contributed by atoms with Gasteiger partial charge >= 0.3 is 0 Å². The van der Waals surface area contributed by atoms with Gasteiger partial charge in [-0.2, -0.15) is 5.10 Å². The Balaban J connectivity index is 1.49. The predicted molar refractivity (Wildman–Crippen MR) is 128 cm³/mol. The average Bonchev–Trinajstić information content (AvgIpc) is 3.45. The first kappa shape index (κ1) is 23.7. The van der Waals surface area contributed by atoms with E-state index < -0.39 is 0 Å². The van der Waals surface area contributed by atoms with Crippen LogP contribution in [0.1, 0.15) is 47.1 Å². The summed E-state index contributed by atoms with van der Waals surface area (Å²) in [6.45, 7) is 8.71. The molecule has 180 valence electrons. The Kier molecular flexibility index (Phi) is 8.01. The highest BCUT2D eigenvalue weighted by molar-refractivity contribution is 5.94. The zero-order valence-electron chi connectivity index (χ0n) is 20.2. The van der Waals surface area contributed by atoms with Gasteiger partial charge in [0.05, 0.1) is 20.3 Å². The fraction of sp³-hybridized carbons (Fsp3) is 0.600. The van der Waals surface area contributed by atoms with Gasteiger partial charge in [0.2, 0.25) is 0 Å². The largest absolute Gasteiger partial charge is 0.497 e. The first-order chi connectivity index (χ1) is 16.1. The summed E-state index contributed by atoms with van der Waals surface area (Å²) < 4.78 is 12.6. The highest BCUT2D eigenvalue weighted by Gasteiger charge is 2.29. The van der Waals surface area contributed by atoms with Crippen molar-refractivity contribution < 1.29 is 14.3 Å². The third-order valence-electron chi connectivity index (χ3n) is 6.88. The highest BCUT2D eigenvalue weighted by Crippen LogP contribution is 2.25. The van der Waals surface area contributed by atoms with Crippen molar-refractivity contribution in [1.29, 1.82) is 0 Å². The summed E-state index contributed by atoms with van der Waals surface area (Å²) >= 11 is 0. The number of fused-ring (bicyclic) bond motifs is 1. The summed E-state index contributed by atoms with van der Waals surface area (Å²) in [6, 6.07) is 8.61. The molecule has 8 nitrogen and oxygen atoms in total. The molecule has 1 fully saturated rings. The van der Waals surface area contributed by atoms with Crippen LogP contribution in [-0.4, -0.2) is 78.5 Å².